The number of anilines is 1. The molecule has 130 valence electrons. The molecule has 8 heteroatoms. The van der Waals surface area contributed by atoms with Crippen LogP contribution in [0.5, 0.6) is 5.75 Å². The molecule has 1 aromatic carbocycles. The molecule has 1 atom stereocenters. The molecule has 2 rings (SSSR count). The van der Waals surface area contributed by atoms with Crippen LogP contribution in [-0.2, 0) is 10.4 Å². The molecule has 1 aromatic heterocycles. The summed E-state index contributed by atoms with van der Waals surface area (Å²) in [5, 5.41) is 12.4. The fourth-order valence-corrected chi connectivity index (χ4v) is 2.10. The molecule has 0 radical (unpaired) electrons. The van der Waals surface area contributed by atoms with Crippen LogP contribution in [0.3, 0.4) is 0 Å². The predicted octanol–water partition coefficient (Wildman–Crippen LogP) is 3.38. The third-order valence-electron chi connectivity index (χ3n) is 3.41. The fraction of sp³-hybridized carbons (Fsp3) is 0.312. The normalized spacial score (nSPS) is 14.1. The Kier molecular flexibility index (Phi) is 4.88. The molecule has 0 aliphatic heterocycles. The number of halogens is 3. The standard InChI is InChI=1S/C16H16F3NO4/c1-10-3-8-13(24-10)15(22,16(17,18)19)9-14(21)20-11-4-6-12(23-2)7-5-11/h3-8,22H,9H2,1-2H3,(H,20,21). The topological polar surface area (TPSA) is 71.7 Å². The van der Waals surface area contributed by atoms with Crippen LogP contribution in [0.25, 0.3) is 0 Å². The van der Waals surface area contributed by atoms with E-state index >= 15 is 0 Å². The van der Waals surface area contributed by atoms with Crippen molar-refractivity contribution in [3.05, 3.63) is 47.9 Å². The molecule has 2 aromatic rings. The molecule has 0 bridgehead atoms. The second-order valence-electron chi connectivity index (χ2n) is 5.22. The lowest BCUT2D eigenvalue weighted by atomic mass is 9.95. The number of ether oxygens (including phenoxy) is 1. The number of alkyl halides is 3. The zero-order chi connectivity index (χ0) is 18.0. The van der Waals surface area contributed by atoms with Gasteiger partial charge < -0.3 is 19.6 Å². The monoisotopic (exact) mass is 343 g/mol. The summed E-state index contributed by atoms with van der Waals surface area (Å²) in [7, 11) is 1.46. The van der Waals surface area contributed by atoms with Gasteiger partial charge in [-0.25, -0.2) is 0 Å². The molecule has 0 saturated carbocycles. The Morgan fingerprint density at radius 2 is 1.83 bits per heavy atom. The summed E-state index contributed by atoms with van der Waals surface area (Å²) in [4.78, 5) is 12.0. The first-order valence-electron chi connectivity index (χ1n) is 6.95. The molecule has 0 aliphatic rings. The van der Waals surface area contributed by atoms with Gasteiger partial charge in [0.15, 0.2) is 0 Å². The van der Waals surface area contributed by atoms with Crippen molar-refractivity contribution < 1.29 is 32.2 Å². The molecule has 0 saturated heterocycles. The number of furan rings is 1. The SMILES string of the molecule is COc1ccc(NC(=O)CC(O)(c2ccc(C)o2)C(F)(F)F)cc1. The molecule has 0 aliphatic carbocycles. The third-order valence-corrected chi connectivity index (χ3v) is 3.41. The molecule has 1 unspecified atom stereocenters. The largest absolute Gasteiger partial charge is 0.497 e. The van der Waals surface area contributed by atoms with E-state index in [0.717, 1.165) is 6.07 Å². The molecule has 0 spiro atoms. The van der Waals surface area contributed by atoms with E-state index in [9.17, 15) is 23.1 Å². The van der Waals surface area contributed by atoms with Gasteiger partial charge in [-0.2, -0.15) is 13.2 Å². The highest BCUT2D eigenvalue weighted by Crippen LogP contribution is 2.42. The number of amides is 1. The van der Waals surface area contributed by atoms with Gasteiger partial charge in [-0.1, -0.05) is 0 Å². The minimum absolute atomic E-state index is 0.197. The van der Waals surface area contributed by atoms with E-state index in [2.05, 4.69) is 5.32 Å². The average molecular weight is 343 g/mol. The molecule has 1 heterocycles. The maximum atomic E-state index is 13.3. The summed E-state index contributed by atoms with van der Waals surface area (Å²) >= 11 is 0. The number of methoxy groups -OCH3 is 1. The van der Waals surface area contributed by atoms with Crippen molar-refractivity contribution in [1.29, 1.82) is 0 Å². The fourth-order valence-electron chi connectivity index (χ4n) is 2.10. The van der Waals surface area contributed by atoms with E-state index in [1.54, 1.807) is 12.1 Å². The summed E-state index contributed by atoms with van der Waals surface area (Å²) < 4.78 is 49.7. The molecule has 2 N–H and O–H groups in total. The van der Waals surface area contributed by atoms with Gasteiger partial charge in [0.25, 0.3) is 0 Å². The van der Waals surface area contributed by atoms with Crippen LogP contribution in [0.15, 0.2) is 40.8 Å². The van der Waals surface area contributed by atoms with Crippen LogP contribution in [0.2, 0.25) is 0 Å². The number of nitrogens with one attached hydrogen (secondary N) is 1. The quantitative estimate of drug-likeness (QED) is 0.873. The van der Waals surface area contributed by atoms with E-state index < -0.39 is 29.9 Å². The van der Waals surface area contributed by atoms with E-state index in [-0.39, 0.29) is 11.4 Å². The van der Waals surface area contributed by atoms with E-state index in [4.69, 9.17) is 9.15 Å². The number of hydrogen-bond donors (Lipinski definition) is 2. The Hall–Kier alpha value is -2.48. The number of carbonyl (C=O) groups is 1. The van der Waals surface area contributed by atoms with Gasteiger partial charge in [-0.05, 0) is 43.3 Å². The lowest BCUT2D eigenvalue weighted by Gasteiger charge is -2.28. The minimum atomic E-state index is -5.07. The predicted molar refractivity (Wildman–Crippen MR) is 79.6 cm³/mol. The Labute approximate surface area is 136 Å². The Bertz CT molecular complexity index is 709. The molecule has 5 nitrogen and oxygen atoms in total. The molecular formula is C16H16F3NO4. The maximum absolute atomic E-state index is 13.3. The second-order valence-corrected chi connectivity index (χ2v) is 5.22. The number of benzene rings is 1. The molecule has 0 fully saturated rings. The van der Waals surface area contributed by atoms with Gasteiger partial charge in [0.2, 0.25) is 11.5 Å². The smallest absolute Gasteiger partial charge is 0.425 e. The zero-order valence-corrected chi connectivity index (χ0v) is 13.0. The lowest BCUT2D eigenvalue weighted by Crippen LogP contribution is -2.44. The first-order valence-corrected chi connectivity index (χ1v) is 6.95. The Morgan fingerprint density at radius 1 is 1.21 bits per heavy atom. The van der Waals surface area contributed by atoms with Crippen molar-refractivity contribution >= 4 is 11.6 Å². The van der Waals surface area contributed by atoms with Gasteiger partial charge in [0.1, 0.15) is 17.3 Å². The highest BCUT2D eigenvalue weighted by Gasteiger charge is 2.58. The number of aryl methyl sites for hydroxylation is 1. The number of hydrogen-bond acceptors (Lipinski definition) is 4. The maximum Gasteiger partial charge on any atom is 0.425 e. The second kappa shape index (κ2) is 6.56. The summed E-state index contributed by atoms with van der Waals surface area (Å²) in [6, 6.07) is 8.32. The summed E-state index contributed by atoms with van der Waals surface area (Å²) in [5.41, 5.74) is -3.13. The Balaban J connectivity index is 2.18. The van der Waals surface area contributed by atoms with Gasteiger partial charge in [-0.3, -0.25) is 4.79 Å². The van der Waals surface area contributed by atoms with Crippen LogP contribution in [0.1, 0.15) is 17.9 Å². The zero-order valence-electron chi connectivity index (χ0n) is 13.0. The highest BCUT2D eigenvalue weighted by molar-refractivity contribution is 5.91. The lowest BCUT2D eigenvalue weighted by molar-refractivity contribution is -0.272. The number of rotatable bonds is 5. The third kappa shape index (κ3) is 3.70. The van der Waals surface area contributed by atoms with Crippen LogP contribution < -0.4 is 10.1 Å². The van der Waals surface area contributed by atoms with Gasteiger partial charge in [0, 0.05) is 5.69 Å². The van der Waals surface area contributed by atoms with Crippen molar-refractivity contribution in [2.24, 2.45) is 0 Å². The minimum Gasteiger partial charge on any atom is -0.497 e. The number of aliphatic hydroxyl groups is 1. The van der Waals surface area contributed by atoms with Crippen molar-refractivity contribution in [3.63, 3.8) is 0 Å². The van der Waals surface area contributed by atoms with E-state index in [0.29, 0.717) is 5.75 Å². The highest BCUT2D eigenvalue weighted by atomic mass is 19.4. The number of carbonyl (C=O) groups excluding carboxylic acids is 1. The van der Waals surface area contributed by atoms with E-state index in [1.807, 2.05) is 0 Å². The summed E-state index contributed by atoms with van der Waals surface area (Å²) in [6.45, 7) is 1.44. The molecule has 1 amide bonds. The van der Waals surface area contributed by atoms with Crippen LogP contribution in [-0.4, -0.2) is 24.3 Å². The van der Waals surface area contributed by atoms with E-state index in [1.165, 1.54) is 32.2 Å². The first kappa shape index (κ1) is 17.9. The van der Waals surface area contributed by atoms with Gasteiger partial charge in [-0.15, -0.1) is 0 Å². The van der Waals surface area contributed by atoms with Crippen LogP contribution in [0.4, 0.5) is 18.9 Å². The van der Waals surface area contributed by atoms with Crippen molar-refractivity contribution in [2.75, 3.05) is 12.4 Å². The van der Waals surface area contributed by atoms with Gasteiger partial charge in [0.05, 0.1) is 13.5 Å². The van der Waals surface area contributed by atoms with Crippen LogP contribution in [0, 0.1) is 6.92 Å². The van der Waals surface area contributed by atoms with Crippen molar-refractivity contribution in [3.8, 4) is 5.75 Å². The molecule has 24 heavy (non-hydrogen) atoms. The van der Waals surface area contributed by atoms with Crippen molar-refractivity contribution in [2.45, 2.75) is 25.1 Å². The average Bonchev–Trinajstić information content (AvgIpc) is 2.93. The summed E-state index contributed by atoms with van der Waals surface area (Å²) in [6.07, 6.45) is -6.30. The van der Waals surface area contributed by atoms with Crippen molar-refractivity contribution in [1.82, 2.24) is 0 Å². The molecular weight excluding hydrogens is 327 g/mol. The van der Waals surface area contributed by atoms with Crippen LogP contribution >= 0.6 is 0 Å². The summed E-state index contributed by atoms with van der Waals surface area (Å²) in [5.74, 6) is -1.000. The Morgan fingerprint density at radius 3 is 2.29 bits per heavy atom. The van der Waals surface area contributed by atoms with Gasteiger partial charge >= 0.3 is 6.18 Å². The first-order chi connectivity index (χ1) is 11.2.